The lowest BCUT2D eigenvalue weighted by Crippen LogP contribution is -2.39. The van der Waals surface area contributed by atoms with E-state index >= 15 is 0 Å². The third-order valence-corrected chi connectivity index (χ3v) is 8.83. The van der Waals surface area contributed by atoms with Crippen LogP contribution in [0, 0.1) is 17.2 Å². The summed E-state index contributed by atoms with van der Waals surface area (Å²) in [5.41, 5.74) is 6.60. The Kier molecular flexibility index (Phi) is 7.20. The van der Waals surface area contributed by atoms with Crippen molar-refractivity contribution in [2.75, 3.05) is 0 Å². The van der Waals surface area contributed by atoms with Gasteiger partial charge in [0.15, 0.2) is 0 Å². The standard InChI is InChI=1S/C33H32ClFN4O/c1-33-19-24-21-37-39(29-14-12-28(35)13-15-29)31(24)18-26(33)11-10-25(33)17-30(23-7-3-2-4-8-23)38-32(40)36-20-22-6-5-9-27(34)16-22/h2-9,12-16,18,21,25,30H,10-11,17,19-20H2,1H3,(H2,36,38,40)/t25-,30?,33-/m1/s1. The first-order chi connectivity index (χ1) is 19.4. The predicted molar refractivity (Wildman–Crippen MR) is 157 cm³/mol. The summed E-state index contributed by atoms with van der Waals surface area (Å²) in [5.74, 6) is 0.133. The van der Waals surface area contributed by atoms with Crippen LogP contribution < -0.4 is 10.6 Å². The second-order valence-corrected chi connectivity index (χ2v) is 11.5. The second-order valence-electron chi connectivity index (χ2n) is 11.1. The Morgan fingerprint density at radius 3 is 2.70 bits per heavy atom. The van der Waals surface area contributed by atoms with Crippen LogP contribution in [0.3, 0.4) is 0 Å². The van der Waals surface area contributed by atoms with E-state index in [1.54, 1.807) is 12.1 Å². The van der Waals surface area contributed by atoms with Gasteiger partial charge in [-0.2, -0.15) is 5.10 Å². The number of nitrogens with zero attached hydrogens (tertiary/aromatic N) is 2. The van der Waals surface area contributed by atoms with Crippen molar-refractivity contribution in [2.45, 2.75) is 45.2 Å². The average molecular weight is 555 g/mol. The first kappa shape index (κ1) is 26.3. The van der Waals surface area contributed by atoms with Crippen molar-refractivity contribution >= 4 is 23.7 Å². The maximum absolute atomic E-state index is 13.5. The number of rotatable bonds is 7. The lowest BCUT2D eigenvalue weighted by Gasteiger charge is -2.37. The average Bonchev–Trinajstić information content (AvgIpc) is 3.50. The molecule has 4 aromatic rings. The molecule has 5 nitrogen and oxygen atoms in total. The molecular weight excluding hydrogens is 523 g/mol. The molecule has 0 spiro atoms. The maximum atomic E-state index is 13.5. The molecule has 0 radical (unpaired) electrons. The summed E-state index contributed by atoms with van der Waals surface area (Å²) in [7, 11) is 0. The fourth-order valence-electron chi connectivity index (χ4n) is 6.39. The van der Waals surface area contributed by atoms with E-state index in [1.807, 2.05) is 53.3 Å². The molecule has 2 amide bonds. The van der Waals surface area contributed by atoms with Gasteiger partial charge in [0.2, 0.25) is 0 Å². The zero-order chi connectivity index (χ0) is 27.7. The van der Waals surface area contributed by atoms with Gasteiger partial charge in [-0.05, 0) is 96.2 Å². The van der Waals surface area contributed by atoms with Crippen LogP contribution in [0.4, 0.5) is 9.18 Å². The Bertz CT molecular complexity index is 1550. The van der Waals surface area contributed by atoms with E-state index in [4.69, 9.17) is 11.6 Å². The second kappa shape index (κ2) is 10.9. The number of hydrogen-bond donors (Lipinski definition) is 2. The minimum atomic E-state index is -0.255. The Hall–Kier alpha value is -3.90. The number of amides is 2. The summed E-state index contributed by atoms with van der Waals surface area (Å²) < 4.78 is 15.4. The maximum Gasteiger partial charge on any atom is 0.315 e. The van der Waals surface area contributed by atoms with Gasteiger partial charge in [0, 0.05) is 11.6 Å². The molecule has 1 saturated carbocycles. The molecule has 3 atom stereocenters. The number of carbonyl (C=O) groups excluding carboxylic acids is 1. The van der Waals surface area contributed by atoms with E-state index in [-0.39, 0.29) is 23.3 Å². The van der Waals surface area contributed by atoms with Crippen LogP contribution in [0.1, 0.15) is 54.6 Å². The highest BCUT2D eigenvalue weighted by Crippen LogP contribution is 2.55. The number of fused-ring (bicyclic) bond motifs is 2. The number of nitrogens with one attached hydrogen (secondary N) is 2. The summed E-state index contributed by atoms with van der Waals surface area (Å²) in [6.45, 7) is 2.76. The predicted octanol–water partition coefficient (Wildman–Crippen LogP) is 7.65. The third-order valence-electron chi connectivity index (χ3n) is 8.59. The van der Waals surface area contributed by atoms with Crippen molar-refractivity contribution in [1.29, 1.82) is 0 Å². The molecule has 1 fully saturated rings. The summed E-state index contributed by atoms with van der Waals surface area (Å²) in [4.78, 5) is 13.0. The molecule has 2 aliphatic rings. The van der Waals surface area contributed by atoms with Gasteiger partial charge in [0.05, 0.1) is 23.6 Å². The van der Waals surface area contributed by atoms with Gasteiger partial charge in [-0.15, -0.1) is 0 Å². The lowest BCUT2D eigenvalue weighted by atomic mass is 9.68. The zero-order valence-corrected chi connectivity index (χ0v) is 23.2. The van der Waals surface area contributed by atoms with Gasteiger partial charge in [0.25, 0.3) is 0 Å². The molecule has 0 aliphatic heterocycles. The molecule has 2 aliphatic carbocycles. The van der Waals surface area contributed by atoms with Crippen LogP contribution in [0.25, 0.3) is 11.8 Å². The summed E-state index contributed by atoms with van der Waals surface area (Å²) >= 11 is 6.11. The van der Waals surface area contributed by atoms with Gasteiger partial charge >= 0.3 is 6.03 Å². The lowest BCUT2D eigenvalue weighted by molar-refractivity contribution is 0.216. The molecule has 1 heterocycles. The monoisotopic (exact) mass is 554 g/mol. The van der Waals surface area contributed by atoms with E-state index < -0.39 is 0 Å². The van der Waals surface area contributed by atoms with Gasteiger partial charge in [-0.25, -0.2) is 13.9 Å². The quantitative estimate of drug-likeness (QED) is 0.246. The molecule has 6 rings (SSSR count). The van der Waals surface area contributed by atoms with Crippen LogP contribution >= 0.6 is 11.6 Å². The topological polar surface area (TPSA) is 59.0 Å². The molecule has 1 unspecified atom stereocenters. The molecular formula is C33H32ClFN4O. The number of hydrogen-bond acceptors (Lipinski definition) is 2. The van der Waals surface area contributed by atoms with Crippen LogP contribution in [-0.4, -0.2) is 15.8 Å². The number of allylic oxidation sites excluding steroid dienone is 1. The van der Waals surface area contributed by atoms with E-state index in [1.165, 1.54) is 23.3 Å². The largest absolute Gasteiger partial charge is 0.334 e. The molecule has 40 heavy (non-hydrogen) atoms. The fourth-order valence-corrected chi connectivity index (χ4v) is 6.60. The van der Waals surface area contributed by atoms with Crippen molar-refractivity contribution in [2.24, 2.45) is 11.3 Å². The van der Waals surface area contributed by atoms with Crippen molar-refractivity contribution in [3.8, 4) is 5.69 Å². The van der Waals surface area contributed by atoms with E-state index in [0.29, 0.717) is 17.5 Å². The first-order valence-electron chi connectivity index (χ1n) is 13.8. The van der Waals surface area contributed by atoms with Gasteiger partial charge in [0.1, 0.15) is 5.82 Å². The Morgan fingerprint density at radius 2 is 1.93 bits per heavy atom. The first-order valence-corrected chi connectivity index (χ1v) is 14.1. The highest BCUT2D eigenvalue weighted by atomic mass is 35.5. The normalized spacial score (nSPS) is 20.3. The zero-order valence-electron chi connectivity index (χ0n) is 22.4. The third kappa shape index (κ3) is 5.28. The molecule has 7 heteroatoms. The Morgan fingerprint density at radius 1 is 1.12 bits per heavy atom. The number of urea groups is 1. The highest BCUT2D eigenvalue weighted by molar-refractivity contribution is 6.30. The Balaban J connectivity index is 1.20. The molecule has 1 aromatic heterocycles. The number of benzene rings is 3. The highest BCUT2D eigenvalue weighted by Gasteiger charge is 2.46. The molecule has 204 valence electrons. The fraction of sp³-hybridized carbons (Fsp3) is 0.273. The van der Waals surface area contributed by atoms with Gasteiger partial charge in [-0.1, -0.05) is 66.6 Å². The van der Waals surface area contributed by atoms with Gasteiger partial charge in [-0.3, -0.25) is 0 Å². The van der Waals surface area contributed by atoms with Gasteiger partial charge < -0.3 is 10.6 Å². The van der Waals surface area contributed by atoms with Crippen molar-refractivity contribution < 1.29 is 9.18 Å². The summed E-state index contributed by atoms with van der Waals surface area (Å²) in [6, 6.07) is 23.9. The summed E-state index contributed by atoms with van der Waals surface area (Å²) in [5, 5.41) is 11.6. The number of carbonyl (C=O) groups is 1. The van der Waals surface area contributed by atoms with E-state index in [9.17, 15) is 9.18 Å². The van der Waals surface area contributed by atoms with Crippen molar-refractivity contribution in [3.63, 3.8) is 0 Å². The van der Waals surface area contributed by atoms with Crippen LogP contribution in [0.5, 0.6) is 0 Å². The summed E-state index contributed by atoms with van der Waals surface area (Å²) in [6.07, 6.45) is 8.04. The smallest absolute Gasteiger partial charge is 0.315 e. The van der Waals surface area contributed by atoms with E-state index in [0.717, 1.165) is 48.2 Å². The molecule has 3 aromatic carbocycles. The molecule has 0 saturated heterocycles. The Labute approximate surface area is 239 Å². The SMILES string of the molecule is C[C@]12Cc3cnn(-c4ccc(F)cc4)c3C=C1CC[C@@H]2CC(NC(=O)NCc1cccc(Cl)c1)c1ccccc1. The minimum absolute atomic E-state index is 0.0182. The number of aromatic nitrogens is 2. The molecule has 0 bridgehead atoms. The van der Waals surface area contributed by atoms with Crippen LogP contribution in [-0.2, 0) is 13.0 Å². The van der Waals surface area contributed by atoms with E-state index in [2.05, 4.69) is 40.9 Å². The van der Waals surface area contributed by atoms with Crippen LogP contribution in [0.2, 0.25) is 5.02 Å². The minimum Gasteiger partial charge on any atom is -0.334 e. The van der Waals surface area contributed by atoms with Crippen molar-refractivity contribution in [1.82, 2.24) is 20.4 Å². The number of halogens is 2. The molecule has 2 N–H and O–H groups in total. The van der Waals surface area contributed by atoms with Crippen molar-refractivity contribution in [3.05, 3.63) is 124 Å². The van der Waals surface area contributed by atoms with Crippen LogP contribution in [0.15, 0.2) is 90.6 Å².